The molecular formula is C17H17N3O4S. The highest BCUT2D eigenvalue weighted by Gasteiger charge is 2.40. The van der Waals surface area contributed by atoms with Crippen LogP contribution in [0.15, 0.2) is 35.7 Å². The summed E-state index contributed by atoms with van der Waals surface area (Å²) in [7, 11) is 1.44. The van der Waals surface area contributed by atoms with Crippen LogP contribution in [0.25, 0.3) is 0 Å². The lowest BCUT2D eigenvalue weighted by Crippen LogP contribution is -2.34. The fourth-order valence-electron chi connectivity index (χ4n) is 2.45. The minimum atomic E-state index is -0.621. The molecule has 2 atom stereocenters. The molecule has 1 fully saturated rings. The average Bonchev–Trinajstić information content (AvgIpc) is 3.10. The summed E-state index contributed by atoms with van der Waals surface area (Å²) in [5, 5.41) is 7.53. The molecule has 3 amide bonds. The SMILES string of the molecule is COc1ccc(C(N)=O)cc1C(=O)N[C@@H]1C[C@H]1NC(=O)c1cccs1. The number of carbonyl (C=O) groups excluding carboxylic acids is 3. The number of thiophene rings is 1. The number of benzene rings is 1. The van der Waals surface area contributed by atoms with E-state index in [1.54, 1.807) is 6.07 Å². The molecule has 25 heavy (non-hydrogen) atoms. The maximum absolute atomic E-state index is 12.5. The monoisotopic (exact) mass is 359 g/mol. The van der Waals surface area contributed by atoms with Gasteiger partial charge in [0, 0.05) is 5.56 Å². The van der Waals surface area contributed by atoms with Gasteiger partial charge in [0.1, 0.15) is 5.75 Å². The normalized spacial score (nSPS) is 18.3. The Morgan fingerprint density at radius 3 is 2.48 bits per heavy atom. The lowest BCUT2D eigenvalue weighted by Gasteiger charge is -2.10. The third-order valence-electron chi connectivity index (χ3n) is 3.90. The van der Waals surface area contributed by atoms with Gasteiger partial charge < -0.3 is 21.1 Å². The number of nitrogens with two attached hydrogens (primary N) is 1. The first-order valence-electron chi connectivity index (χ1n) is 7.62. The number of hydrogen-bond acceptors (Lipinski definition) is 5. The van der Waals surface area contributed by atoms with Gasteiger partial charge in [0.15, 0.2) is 0 Å². The summed E-state index contributed by atoms with van der Waals surface area (Å²) < 4.78 is 5.16. The zero-order valence-electron chi connectivity index (χ0n) is 13.4. The summed E-state index contributed by atoms with van der Waals surface area (Å²) in [6, 6.07) is 7.72. The predicted molar refractivity (Wildman–Crippen MR) is 93.0 cm³/mol. The summed E-state index contributed by atoms with van der Waals surface area (Å²) in [4.78, 5) is 36.4. The standard InChI is InChI=1S/C17H17N3O4S/c1-24-13-5-4-9(15(18)21)7-10(13)16(22)19-11-8-12(11)20-17(23)14-3-2-6-25-14/h2-7,11-12H,8H2,1H3,(H2,18,21)(H,19,22)(H,20,23)/t11-,12-/m1/s1. The predicted octanol–water partition coefficient (Wildman–Crippen LogP) is 1.16. The van der Waals surface area contributed by atoms with E-state index in [2.05, 4.69) is 10.6 Å². The third-order valence-corrected chi connectivity index (χ3v) is 4.77. The minimum Gasteiger partial charge on any atom is -0.496 e. The zero-order chi connectivity index (χ0) is 18.0. The van der Waals surface area contributed by atoms with Crippen molar-refractivity contribution < 1.29 is 19.1 Å². The van der Waals surface area contributed by atoms with E-state index in [4.69, 9.17) is 10.5 Å². The number of nitrogens with one attached hydrogen (secondary N) is 2. The number of rotatable bonds is 6. The second kappa shape index (κ2) is 6.94. The van der Waals surface area contributed by atoms with Crippen molar-refractivity contribution in [2.45, 2.75) is 18.5 Å². The van der Waals surface area contributed by atoms with Crippen LogP contribution in [-0.4, -0.2) is 36.9 Å². The highest BCUT2D eigenvalue weighted by Crippen LogP contribution is 2.25. The molecular weight excluding hydrogens is 342 g/mol. The Hall–Kier alpha value is -2.87. The van der Waals surface area contributed by atoms with Gasteiger partial charge in [0.2, 0.25) is 5.91 Å². The molecule has 130 valence electrons. The fraction of sp³-hybridized carbons (Fsp3) is 0.235. The van der Waals surface area contributed by atoms with Crippen molar-refractivity contribution in [2.24, 2.45) is 5.73 Å². The van der Waals surface area contributed by atoms with Gasteiger partial charge >= 0.3 is 0 Å². The number of ether oxygens (including phenoxy) is 1. The van der Waals surface area contributed by atoms with Gasteiger partial charge in [-0.1, -0.05) is 6.07 Å². The molecule has 8 heteroatoms. The second-order valence-corrected chi connectivity index (χ2v) is 6.60. The molecule has 7 nitrogen and oxygen atoms in total. The van der Waals surface area contributed by atoms with Gasteiger partial charge in [-0.25, -0.2) is 0 Å². The van der Waals surface area contributed by atoms with E-state index in [1.165, 1.54) is 36.6 Å². The van der Waals surface area contributed by atoms with Crippen molar-refractivity contribution >= 4 is 29.1 Å². The molecule has 1 heterocycles. The number of amides is 3. The molecule has 0 saturated heterocycles. The Kier molecular flexibility index (Phi) is 4.71. The average molecular weight is 359 g/mol. The summed E-state index contributed by atoms with van der Waals surface area (Å²) in [6.07, 6.45) is 0.653. The Labute approximate surface area is 148 Å². The molecule has 0 unspecified atom stereocenters. The third kappa shape index (κ3) is 3.80. The molecule has 0 radical (unpaired) electrons. The van der Waals surface area contributed by atoms with Gasteiger partial charge in [-0.2, -0.15) is 0 Å². The molecule has 0 bridgehead atoms. The first-order valence-corrected chi connectivity index (χ1v) is 8.50. The quantitative estimate of drug-likeness (QED) is 0.718. The van der Waals surface area contributed by atoms with Crippen molar-refractivity contribution in [1.29, 1.82) is 0 Å². The Balaban J connectivity index is 1.63. The summed E-state index contributed by atoms with van der Waals surface area (Å²) >= 11 is 1.36. The van der Waals surface area contributed by atoms with Crippen LogP contribution >= 0.6 is 11.3 Å². The van der Waals surface area contributed by atoms with Gasteiger partial charge in [-0.05, 0) is 36.1 Å². The van der Waals surface area contributed by atoms with Gasteiger partial charge in [-0.3, -0.25) is 14.4 Å². The lowest BCUT2D eigenvalue weighted by molar-refractivity contribution is 0.0926. The molecule has 4 N–H and O–H groups in total. The van der Waals surface area contributed by atoms with Crippen molar-refractivity contribution in [1.82, 2.24) is 10.6 Å². The van der Waals surface area contributed by atoms with E-state index < -0.39 is 5.91 Å². The Morgan fingerprint density at radius 2 is 1.88 bits per heavy atom. The van der Waals surface area contributed by atoms with Gasteiger partial charge in [-0.15, -0.1) is 11.3 Å². The minimum absolute atomic E-state index is 0.108. The van der Waals surface area contributed by atoms with Crippen LogP contribution in [0.3, 0.4) is 0 Å². The van der Waals surface area contributed by atoms with Crippen LogP contribution in [0.4, 0.5) is 0 Å². The second-order valence-electron chi connectivity index (χ2n) is 5.65. The first-order chi connectivity index (χ1) is 12.0. The number of hydrogen-bond donors (Lipinski definition) is 3. The molecule has 1 aliphatic rings. The van der Waals surface area contributed by atoms with E-state index in [0.717, 1.165) is 0 Å². The number of carbonyl (C=O) groups is 3. The van der Waals surface area contributed by atoms with E-state index in [-0.39, 0.29) is 35.0 Å². The Bertz CT molecular complexity index is 819. The van der Waals surface area contributed by atoms with E-state index in [1.807, 2.05) is 11.4 Å². The van der Waals surface area contributed by atoms with Crippen molar-refractivity contribution in [2.75, 3.05) is 7.11 Å². The number of primary amides is 1. The first kappa shape index (κ1) is 17.0. The Morgan fingerprint density at radius 1 is 1.16 bits per heavy atom. The maximum Gasteiger partial charge on any atom is 0.261 e. The van der Waals surface area contributed by atoms with Crippen LogP contribution in [0.5, 0.6) is 5.75 Å². The van der Waals surface area contributed by atoms with Crippen LogP contribution in [0, 0.1) is 0 Å². The van der Waals surface area contributed by atoms with Crippen molar-refractivity contribution in [3.05, 3.63) is 51.7 Å². The van der Waals surface area contributed by atoms with Crippen LogP contribution < -0.4 is 21.1 Å². The van der Waals surface area contributed by atoms with Gasteiger partial charge in [0.05, 0.1) is 29.6 Å². The highest BCUT2D eigenvalue weighted by atomic mass is 32.1. The fourth-order valence-corrected chi connectivity index (χ4v) is 3.07. The van der Waals surface area contributed by atoms with Crippen molar-refractivity contribution in [3.63, 3.8) is 0 Å². The molecule has 1 aromatic carbocycles. The smallest absolute Gasteiger partial charge is 0.261 e. The molecule has 0 aliphatic heterocycles. The zero-order valence-corrected chi connectivity index (χ0v) is 14.3. The van der Waals surface area contributed by atoms with E-state index in [9.17, 15) is 14.4 Å². The molecule has 3 rings (SSSR count). The summed E-state index contributed by atoms with van der Waals surface area (Å²) in [5.74, 6) is -0.797. The van der Waals surface area contributed by atoms with Crippen LogP contribution in [-0.2, 0) is 0 Å². The summed E-state index contributed by atoms with van der Waals surface area (Å²) in [5.41, 5.74) is 5.71. The van der Waals surface area contributed by atoms with Crippen molar-refractivity contribution in [3.8, 4) is 5.75 Å². The highest BCUT2D eigenvalue weighted by molar-refractivity contribution is 7.12. The van der Waals surface area contributed by atoms with E-state index >= 15 is 0 Å². The van der Waals surface area contributed by atoms with E-state index in [0.29, 0.717) is 17.0 Å². The molecule has 1 saturated carbocycles. The number of methoxy groups -OCH3 is 1. The van der Waals surface area contributed by atoms with Gasteiger partial charge in [0.25, 0.3) is 11.8 Å². The lowest BCUT2D eigenvalue weighted by atomic mass is 10.1. The summed E-state index contributed by atoms with van der Waals surface area (Å²) in [6.45, 7) is 0. The van der Waals surface area contributed by atoms with Crippen LogP contribution in [0.1, 0.15) is 36.8 Å². The maximum atomic E-state index is 12.5. The topological polar surface area (TPSA) is 111 Å². The van der Waals surface area contributed by atoms with Crippen LogP contribution in [0.2, 0.25) is 0 Å². The molecule has 1 aliphatic carbocycles. The molecule has 0 spiro atoms. The largest absolute Gasteiger partial charge is 0.496 e. The molecule has 2 aromatic rings. The molecule has 1 aromatic heterocycles.